The van der Waals surface area contributed by atoms with E-state index in [9.17, 15) is 8.42 Å². The minimum Gasteiger partial charge on any atom is -0.212 e. The monoisotopic (exact) mass is 379 g/mol. The first-order valence-electron chi connectivity index (χ1n) is 7.63. The van der Waals surface area contributed by atoms with Gasteiger partial charge in [0.2, 0.25) is 10.0 Å². The highest BCUT2D eigenvalue weighted by Gasteiger charge is 2.18. The molecular formula is C18H18ClNO2S2. The molecule has 0 aliphatic rings. The molecule has 0 saturated heterocycles. The van der Waals surface area contributed by atoms with Gasteiger partial charge in [-0.25, -0.2) is 13.1 Å². The number of fused-ring (bicyclic) bond motifs is 1. The van der Waals surface area contributed by atoms with Gasteiger partial charge in [-0.2, -0.15) is 0 Å². The van der Waals surface area contributed by atoms with Gasteiger partial charge in [-0.05, 0) is 47.4 Å². The molecule has 0 fully saturated rings. The van der Waals surface area contributed by atoms with Crippen LogP contribution in [0.1, 0.15) is 18.1 Å². The second-order valence-electron chi connectivity index (χ2n) is 5.83. The number of rotatable bonds is 6. The van der Waals surface area contributed by atoms with Crippen LogP contribution in [0.5, 0.6) is 0 Å². The van der Waals surface area contributed by atoms with Gasteiger partial charge in [0, 0.05) is 15.8 Å². The molecule has 24 heavy (non-hydrogen) atoms. The number of hydrogen-bond acceptors (Lipinski definition) is 3. The Morgan fingerprint density at radius 1 is 1.08 bits per heavy atom. The van der Waals surface area contributed by atoms with Gasteiger partial charge in [0.15, 0.2) is 0 Å². The lowest BCUT2D eigenvalue weighted by Gasteiger charge is -2.14. The van der Waals surface area contributed by atoms with Gasteiger partial charge in [-0.3, -0.25) is 0 Å². The number of thiophene rings is 1. The van der Waals surface area contributed by atoms with Gasteiger partial charge in [-0.1, -0.05) is 48.0 Å². The van der Waals surface area contributed by atoms with Crippen molar-refractivity contribution in [3.63, 3.8) is 0 Å². The maximum absolute atomic E-state index is 12.4. The molecule has 3 rings (SSSR count). The molecule has 0 amide bonds. The van der Waals surface area contributed by atoms with Crippen molar-refractivity contribution in [1.29, 1.82) is 0 Å². The Morgan fingerprint density at radius 2 is 1.79 bits per heavy atom. The molecule has 0 bridgehead atoms. The number of hydrogen-bond donors (Lipinski definition) is 1. The van der Waals surface area contributed by atoms with Gasteiger partial charge in [0.05, 0.1) is 5.75 Å². The highest BCUT2D eigenvalue weighted by molar-refractivity contribution is 7.88. The summed E-state index contributed by atoms with van der Waals surface area (Å²) in [5.41, 5.74) is 1.78. The van der Waals surface area contributed by atoms with E-state index in [2.05, 4.69) is 22.2 Å². The fourth-order valence-corrected chi connectivity index (χ4v) is 5.43. The van der Waals surface area contributed by atoms with Crippen LogP contribution >= 0.6 is 22.9 Å². The highest BCUT2D eigenvalue weighted by atomic mass is 35.5. The van der Waals surface area contributed by atoms with Crippen molar-refractivity contribution in [2.45, 2.75) is 25.1 Å². The third kappa shape index (κ3) is 4.16. The first-order chi connectivity index (χ1) is 11.4. The van der Waals surface area contributed by atoms with Gasteiger partial charge >= 0.3 is 0 Å². The molecule has 6 heteroatoms. The van der Waals surface area contributed by atoms with E-state index in [4.69, 9.17) is 11.6 Å². The quantitative estimate of drug-likeness (QED) is 0.680. The number of benzene rings is 2. The van der Waals surface area contributed by atoms with Gasteiger partial charge in [0.1, 0.15) is 0 Å². The van der Waals surface area contributed by atoms with Crippen molar-refractivity contribution >= 4 is 43.0 Å². The summed E-state index contributed by atoms with van der Waals surface area (Å²) in [6.45, 7) is 1.89. The Balaban J connectivity index is 1.69. The van der Waals surface area contributed by atoms with E-state index in [-0.39, 0.29) is 11.8 Å². The lowest BCUT2D eigenvalue weighted by atomic mass is 10.1. The molecule has 0 spiro atoms. The van der Waals surface area contributed by atoms with Crippen molar-refractivity contribution in [3.05, 3.63) is 70.1 Å². The predicted molar refractivity (Wildman–Crippen MR) is 102 cm³/mol. The molecular weight excluding hydrogens is 362 g/mol. The van der Waals surface area contributed by atoms with Crippen LogP contribution in [0.4, 0.5) is 0 Å². The molecule has 0 saturated carbocycles. The molecule has 3 aromatic rings. The van der Waals surface area contributed by atoms with Crippen molar-refractivity contribution in [2.24, 2.45) is 0 Å². The van der Waals surface area contributed by atoms with Crippen molar-refractivity contribution in [1.82, 2.24) is 4.72 Å². The number of nitrogens with one attached hydrogen (secondary N) is 1. The van der Waals surface area contributed by atoms with Crippen LogP contribution in [0.2, 0.25) is 5.02 Å². The predicted octanol–water partition coefficient (Wildman–Crippen LogP) is 4.61. The third-order valence-corrected chi connectivity index (χ3v) is 6.60. The van der Waals surface area contributed by atoms with Crippen LogP contribution in [0, 0.1) is 0 Å². The van der Waals surface area contributed by atoms with E-state index in [0.29, 0.717) is 17.0 Å². The molecule has 1 aromatic heterocycles. The summed E-state index contributed by atoms with van der Waals surface area (Å²) < 4.78 is 28.7. The minimum atomic E-state index is -3.44. The maximum Gasteiger partial charge on any atom is 0.216 e. The van der Waals surface area contributed by atoms with Crippen LogP contribution < -0.4 is 4.72 Å². The highest BCUT2D eigenvalue weighted by Crippen LogP contribution is 2.26. The van der Waals surface area contributed by atoms with Crippen molar-refractivity contribution < 1.29 is 8.42 Å². The topological polar surface area (TPSA) is 46.2 Å². The van der Waals surface area contributed by atoms with Crippen molar-refractivity contribution in [3.8, 4) is 0 Å². The average molecular weight is 380 g/mol. The molecule has 1 heterocycles. The van der Waals surface area contributed by atoms with Crippen LogP contribution in [0.3, 0.4) is 0 Å². The first kappa shape index (κ1) is 17.4. The smallest absolute Gasteiger partial charge is 0.212 e. The standard InChI is InChI=1S/C18H18ClNO2S2/c1-13(10-15-11-23-18-9-5-3-7-16(15)18)20-24(21,22)12-14-6-2-4-8-17(14)19/h2-9,11,13,20H,10,12H2,1H3/t13-/m0/s1. The Labute approximate surface area is 151 Å². The van der Waals surface area contributed by atoms with E-state index >= 15 is 0 Å². The number of sulfonamides is 1. The van der Waals surface area contributed by atoms with Crippen LogP contribution in [0.25, 0.3) is 10.1 Å². The lowest BCUT2D eigenvalue weighted by Crippen LogP contribution is -2.35. The van der Waals surface area contributed by atoms with E-state index in [1.807, 2.05) is 19.1 Å². The summed E-state index contributed by atoms with van der Waals surface area (Å²) in [6.07, 6.45) is 0.658. The Hall–Kier alpha value is -1.40. The zero-order valence-corrected chi connectivity index (χ0v) is 15.6. The van der Waals surface area contributed by atoms with Crippen LogP contribution in [-0.4, -0.2) is 14.5 Å². The van der Waals surface area contributed by atoms with Crippen LogP contribution in [0.15, 0.2) is 53.9 Å². The summed E-state index contributed by atoms with van der Waals surface area (Å²) in [4.78, 5) is 0. The molecule has 1 N–H and O–H groups in total. The minimum absolute atomic E-state index is 0.110. The third-order valence-electron chi connectivity index (χ3n) is 3.77. The molecule has 0 radical (unpaired) electrons. The molecule has 0 aliphatic heterocycles. The molecule has 3 nitrogen and oxygen atoms in total. The molecule has 0 unspecified atom stereocenters. The summed E-state index contributed by atoms with van der Waals surface area (Å²) in [5.74, 6) is -0.110. The van der Waals surface area contributed by atoms with Gasteiger partial charge in [0.25, 0.3) is 0 Å². The summed E-state index contributed by atoms with van der Waals surface area (Å²) in [6, 6.07) is 15.0. The summed E-state index contributed by atoms with van der Waals surface area (Å²) >= 11 is 7.74. The van der Waals surface area contributed by atoms with Gasteiger partial charge in [-0.15, -0.1) is 11.3 Å². The first-order valence-corrected chi connectivity index (χ1v) is 10.5. The lowest BCUT2D eigenvalue weighted by molar-refractivity contribution is 0.559. The Kier molecular flexibility index (Phi) is 5.25. The average Bonchev–Trinajstić information content (AvgIpc) is 2.92. The second kappa shape index (κ2) is 7.23. The normalized spacial score (nSPS) is 13.2. The van der Waals surface area contributed by atoms with E-state index < -0.39 is 10.0 Å². The summed E-state index contributed by atoms with van der Waals surface area (Å²) in [7, 11) is -3.44. The molecule has 1 atom stereocenters. The maximum atomic E-state index is 12.4. The van der Waals surface area contributed by atoms with E-state index in [0.717, 1.165) is 0 Å². The molecule has 126 valence electrons. The fraction of sp³-hybridized carbons (Fsp3) is 0.222. The van der Waals surface area contributed by atoms with Gasteiger partial charge < -0.3 is 0 Å². The Morgan fingerprint density at radius 3 is 2.58 bits per heavy atom. The van der Waals surface area contributed by atoms with E-state index in [1.54, 1.807) is 35.6 Å². The Bertz CT molecular complexity index is 950. The molecule has 0 aliphatic carbocycles. The fourth-order valence-electron chi connectivity index (χ4n) is 2.73. The largest absolute Gasteiger partial charge is 0.216 e. The molecule has 2 aromatic carbocycles. The van der Waals surface area contributed by atoms with E-state index in [1.165, 1.54) is 15.6 Å². The zero-order chi connectivity index (χ0) is 17.2. The van der Waals surface area contributed by atoms with Crippen LogP contribution in [-0.2, 0) is 22.2 Å². The SMILES string of the molecule is C[C@@H](Cc1csc2ccccc12)NS(=O)(=O)Cc1ccccc1Cl. The second-order valence-corrected chi connectivity index (χ2v) is 8.90. The zero-order valence-electron chi connectivity index (χ0n) is 13.2. The van der Waals surface area contributed by atoms with Crippen molar-refractivity contribution in [2.75, 3.05) is 0 Å². The summed E-state index contributed by atoms with van der Waals surface area (Å²) in [5, 5.41) is 3.77. The number of halogens is 1.